The molecule has 0 spiro atoms. The van der Waals surface area contributed by atoms with E-state index < -0.39 is 0 Å². The van der Waals surface area contributed by atoms with E-state index in [0.717, 1.165) is 50.4 Å². The van der Waals surface area contributed by atoms with Crippen molar-refractivity contribution < 1.29 is 5.11 Å². The molecule has 0 radical (unpaired) electrons. The van der Waals surface area contributed by atoms with E-state index >= 15 is 0 Å². The topological polar surface area (TPSA) is 54.2 Å². The van der Waals surface area contributed by atoms with Crippen molar-refractivity contribution in [3.05, 3.63) is 33.0 Å². The molecule has 2 aromatic rings. The first-order valence-corrected chi connectivity index (χ1v) is 8.47. The van der Waals surface area contributed by atoms with Crippen LogP contribution in [0.2, 0.25) is 0 Å². The first-order valence-electron chi connectivity index (χ1n) is 7.59. The third-order valence-electron chi connectivity index (χ3n) is 4.03. The number of aromatic nitrogens is 3. The Labute approximate surface area is 129 Å². The highest BCUT2D eigenvalue weighted by Gasteiger charge is 2.24. The largest absolute Gasteiger partial charge is 0.390 e. The summed E-state index contributed by atoms with van der Waals surface area (Å²) < 4.78 is 2.04. The van der Waals surface area contributed by atoms with Gasteiger partial charge in [-0.05, 0) is 13.3 Å². The van der Waals surface area contributed by atoms with Gasteiger partial charge in [-0.15, -0.1) is 11.3 Å². The van der Waals surface area contributed by atoms with E-state index in [1.54, 1.807) is 11.3 Å². The van der Waals surface area contributed by atoms with Gasteiger partial charge >= 0.3 is 0 Å². The van der Waals surface area contributed by atoms with E-state index in [9.17, 15) is 5.11 Å². The van der Waals surface area contributed by atoms with Crippen LogP contribution in [0.25, 0.3) is 0 Å². The highest BCUT2D eigenvalue weighted by molar-refractivity contribution is 7.09. The number of thiazole rings is 1. The van der Waals surface area contributed by atoms with Crippen LogP contribution in [0.4, 0.5) is 0 Å². The molecular weight excluding hydrogens is 284 g/mol. The van der Waals surface area contributed by atoms with Crippen LogP contribution in [0, 0.1) is 0 Å². The van der Waals surface area contributed by atoms with Gasteiger partial charge in [0.25, 0.3) is 0 Å². The summed E-state index contributed by atoms with van der Waals surface area (Å²) in [6, 6.07) is 0. The Kier molecular flexibility index (Phi) is 4.37. The molecule has 0 unspecified atom stereocenters. The predicted octanol–water partition coefficient (Wildman–Crippen LogP) is 1.97. The summed E-state index contributed by atoms with van der Waals surface area (Å²) in [7, 11) is 0. The predicted molar refractivity (Wildman–Crippen MR) is 83.1 cm³/mol. The lowest BCUT2D eigenvalue weighted by atomic mass is 10.1. The number of fused-ring (bicyclic) bond motifs is 1. The summed E-state index contributed by atoms with van der Waals surface area (Å²) >= 11 is 1.74. The number of aryl methyl sites for hydroxylation is 2. The van der Waals surface area contributed by atoms with Gasteiger partial charge in [-0.2, -0.15) is 5.10 Å². The summed E-state index contributed by atoms with van der Waals surface area (Å²) in [6.45, 7) is 7.92. The van der Waals surface area contributed by atoms with Gasteiger partial charge in [0.15, 0.2) is 0 Å². The fourth-order valence-corrected chi connectivity index (χ4v) is 3.69. The normalized spacial score (nSPS) is 15.4. The van der Waals surface area contributed by atoms with E-state index in [4.69, 9.17) is 0 Å². The molecule has 0 bridgehead atoms. The number of aliphatic hydroxyl groups excluding tert-OH is 1. The summed E-state index contributed by atoms with van der Waals surface area (Å²) in [5, 5.41) is 17.4. The lowest BCUT2D eigenvalue weighted by Gasteiger charge is -2.27. The average molecular weight is 306 g/mol. The van der Waals surface area contributed by atoms with Crippen LogP contribution in [0.1, 0.15) is 41.5 Å². The molecule has 0 fully saturated rings. The number of nitrogens with zero attached hydrogens (tertiary/aromatic N) is 4. The van der Waals surface area contributed by atoms with Crippen LogP contribution in [0.15, 0.2) is 5.38 Å². The van der Waals surface area contributed by atoms with E-state index in [-0.39, 0.29) is 6.61 Å². The highest BCUT2D eigenvalue weighted by atomic mass is 32.1. The van der Waals surface area contributed by atoms with Crippen molar-refractivity contribution in [3.63, 3.8) is 0 Å². The maximum Gasteiger partial charge on any atom is 0.0926 e. The smallest absolute Gasteiger partial charge is 0.0926 e. The molecule has 21 heavy (non-hydrogen) atoms. The van der Waals surface area contributed by atoms with Crippen LogP contribution in [-0.2, 0) is 39.1 Å². The van der Waals surface area contributed by atoms with Crippen molar-refractivity contribution >= 4 is 11.3 Å². The number of rotatable bonds is 5. The van der Waals surface area contributed by atoms with Crippen molar-refractivity contribution in [2.75, 3.05) is 6.54 Å². The molecule has 0 aliphatic carbocycles. The Balaban J connectivity index is 1.76. The van der Waals surface area contributed by atoms with E-state index in [1.807, 2.05) is 4.68 Å². The van der Waals surface area contributed by atoms with Crippen LogP contribution >= 0.6 is 11.3 Å². The van der Waals surface area contributed by atoms with Crippen LogP contribution in [0.5, 0.6) is 0 Å². The first kappa shape index (κ1) is 14.7. The van der Waals surface area contributed by atoms with Crippen LogP contribution in [-0.4, -0.2) is 31.3 Å². The molecule has 0 saturated heterocycles. The zero-order chi connectivity index (χ0) is 14.8. The lowest BCUT2D eigenvalue weighted by molar-refractivity contribution is 0.234. The minimum atomic E-state index is 0.0276. The number of hydrogen-bond acceptors (Lipinski definition) is 5. The van der Waals surface area contributed by atoms with Crippen molar-refractivity contribution in [2.24, 2.45) is 0 Å². The molecule has 114 valence electrons. The Morgan fingerprint density at radius 2 is 2.24 bits per heavy atom. The molecular formula is C15H22N4OS. The standard InChI is InChI=1S/C15H22N4OS/c1-3-15-16-11(10-21-15)7-18-6-5-14-12(8-18)13(9-20)17-19(14)4-2/h10,20H,3-9H2,1-2H3. The zero-order valence-corrected chi connectivity index (χ0v) is 13.5. The Bertz CT molecular complexity index is 619. The molecule has 2 aromatic heterocycles. The van der Waals surface area contributed by atoms with Crippen LogP contribution < -0.4 is 0 Å². The van der Waals surface area contributed by atoms with Gasteiger partial charge in [0.2, 0.25) is 0 Å². The minimum absolute atomic E-state index is 0.0276. The quantitative estimate of drug-likeness (QED) is 0.917. The van der Waals surface area contributed by atoms with Crippen molar-refractivity contribution in [2.45, 2.75) is 52.9 Å². The van der Waals surface area contributed by atoms with Crippen molar-refractivity contribution in [1.82, 2.24) is 19.7 Å². The Morgan fingerprint density at radius 1 is 1.38 bits per heavy atom. The maximum atomic E-state index is 9.51. The second-order valence-corrected chi connectivity index (χ2v) is 6.34. The average Bonchev–Trinajstić information content (AvgIpc) is 3.10. The van der Waals surface area contributed by atoms with Crippen molar-refractivity contribution in [1.29, 1.82) is 0 Å². The molecule has 5 nitrogen and oxygen atoms in total. The molecule has 0 aromatic carbocycles. The minimum Gasteiger partial charge on any atom is -0.390 e. The lowest BCUT2D eigenvalue weighted by Crippen LogP contribution is -2.31. The third kappa shape index (κ3) is 2.88. The number of hydrogen-bond donors (Lipinski definition) is 1. The molecule has 0 saturated carbocycles. The van der Waals surface area contributed by atoms with Crippen molar-refractivity contribution in [3.8, 4) is 0 Å². The summed E-state index contributed by atoms with van der Waals surface area (Å²) in [6.07, 6.45) is 2.01. The molecule has 1 aliphatic heterocycles. The SMILES string of the molecule is CCc1nc(CN2CCc3c(c(CO)nn3CC)C2)cs1. The Morgan fingerprint density at radius 3 is 2.90 bits per heavy atom. The van der Waals surface area contributed by atoms with E-state index in [1.165, 1.54) is 16.3 Å². The summed E-state index contributed by atoms with van der Waals surface area (Å²) in [5.41, 5.74) is 4.51. The molecule has 1 aliphatic rings. The van der Waals surface area contributed by atoms with Gasteiger partial charge in [-0.3, -0.25) is 9.58 Å². The monoisotopic (exact) mass is 306 g/mol. The maximum absolute atomic E-state index is 9.51. The van der Waals surface area contributed by atoms with Gasteiger partial charge in [-0.1, -0.05) is 6.92 Å². The van der Waals surface area contributed by atoms with E-state index in [0.29, 0.717) is 0 Å². The van der Waals surface area contributed by atoms with E-state index in [2.05, 4.69) is 34.2 Å². The zero-order valence-electron chi connectivity index (χ0n) is 12.7. The fourth-order valence-electron chi connectivity index (χ4n) is 2.95. The summed E-state index contributed by atoms with van der Waals surface area (Å²) in [5.74, 6) is 0. The van der Waals surface area contributed by atoms with Gasteiger partial charge in [0.05, 0.1) is 23.0 Å². The van der Waals surface area contributed by atoms with Gasteiger partial charge in [-0.25, -0.2) is 4.98 Å². The second-order valence-electron chi connectivity index (χ2n) is 5.39. The van der Waals surface area contributed by atoms with Crippen LogP contribution in [0.3, 0.4) is 0 Å². The summed E-state index contributed by atoms with van der Waals surface area (Å²) in [4.78, 5) is 7.05. The molecule has 0 amide bonds. The highest BCUT2D eigenvalue weighted by Crippen LogP contribution is 2.24. The fraction of sp³-hybridized carbons (Fsp3) is 0.600. The molecule has 3 heterocycles. The second kappa shape index (κ2) is 6.25. The third-order valence-corrected chi connectivity index (χ3v) is 5.07. The Hall–Kier alpha value is -1.24. The first-order chi connectivity index (χ1) is 10.2. The molecule has 6 heteroatoms. The van der Waals surface area contributed by atoms with Gasteiger partial charge < -0.3 is 5.11 Å². The van der Waals surface area contributed by atoms with Gasteiger partial charge in [0, 0.05) is 49.2 Å². The number of aliphatic hydroxyl groups is 1. The molecule has 3 rings (SSSR count). The molecule has 0 atom stereocenters. The molecule has 1 N–H and O–H groups in total. The van der Waals surface area contributed by atoms with Gasteiger partial charge in [0.1, 0.15) is 0 Å².